The third-order valence-corrected chi connectivity index (χ3v) is 3.89. The minimum Gasteiger partial charge on any atom is -0.438 e. The predicted molar refractivity (Wildman–Crippen MR) is 93.3 cm³/mol. The largest absolute Gasteiger partial charge is 0.438 e. The van der Waals surface area contributed by atoms with Crippen molar-refractivity contribution < 1.29 is 18.3 Å². The van der Waals surface area contributed by atoms with Crippen LogP contribution < -0.4 is 10.1 Å². The fraction of sp³-hybridized carbons (Fsp3) is 0.0526. The Morgan fingerprint density at radius 2 is 1.85 bits per heavy atom. The zero-order chi connectivity index (χ0) is 18.5. The van der Waals surface area contributed by atoms with E-state index in [9.17, 15) is 13.6 Å². The maximum Gasteiger partial charge on any atom is 0.257 e. The zero-order valence-electron chi connectivity index (χ0n) is 13.4. The summed E-state index contributed by atoms with van der Waals surface area (Å²) in [6.45, 7) is -0.0881. The van der Waals surface area contributed by atoms with Crippen LogP contribution in [0.2, 0.25) is 5.02 Å². The number of hydrogen-bond acceptors (Lipinski definition) is 3. The summed E-state index contributed by atoms with van der Waals surface area (Å²) in [5.74, 6) is -1.04. The number of pyridine rings is 1. The molecule has 2 aromatic carbocycles. The molecule has 3 aromatic rings. The average molecular weight is 375 g/mol. The molecule has 0 aliphatic rings. The quantitative estimate of drug-likeness (QED) is 0.702. The lowest BCUT2D eigenvalue weighted by Gasteiger charge is -2.11. The first-order valence-electron chi connectivity index (χ1n) is 7.64. The monoisotopic (exact) mass is 374 g/mol. The van der Waals surface area contributed by atoms with E-state index in [2.05, 4.69) is 10.3 Å². The van der Waals surface area contributed by atoms with Crippen LogP contribution in [-0.2, 0) is 6.54 Å². The summed E-state index contributed by atoms with van der Waals surface area (Å²) in [5, 5.41) is 2.81. The van der Waals surface area contributed by atoms with E-state index in [1.165, 1.54) is 48.7 Å². The molecule has 132 valence electrons. The lowest BCUT2D eigenvalue weighted by atomic mass is 10.2. The van der Waals surface area contributed by atoms with Crippen LogP contribution in [0.25, 0.3) is 0 Å². The van der Waals surface area contributed by atoms with E-state index in [1.807, 2.05) is 0 Å². The highest BCUT2D eigenvalue weighted by Gasteiger charge is 2.16. The van der Waals surface area contributed by atoms with Crippen molar-refractivity contribution in [1.29, 1.82) is 0 Å². The Kier molecular flexibility index (Phi) is 5.43. The maximum absolute atomic E-state index is 13.8. The molecule has 1 aromatic heterocycles. The molecule has 0 saturated heterocycles. The molecule has 0 aliphatic carbocycles. The van der Waals surface area contributed by atoms with E-state index in [1.54, 1.807) is 12.1 Å². The molecule has 0 spiro atoms. The molecule has 0 radical (unpaired) electrons. The third kappa shape index (κ3) is 4.15. The number of carbonyl (C=O) groups is 1. The minimum atomic E-state index is -0.508. The Labute approximate surface area is 153 Å². The number of nitrogens with zero attached hydrogens (tertiary/aromatic N) is 1. The minimum absolute atomic E-state index is 0.0521. The average Bonchev–Trinajstić information content (AvgIpc) is 2.63. The Hall–Kier alpha value is -2.99. The molecule has 0 saturated carbocycles. The van der Waals surface area contributed by atoms with Gasteiger partial charge < -0.3 is 10.1 Å². The zero-order valence-corrected chi connectivity index (χ0v) is 14.1. The summed E-state index contributed by atoms with van der Waals surface area (Å²) < 4.78 is 32.3. The lowest BCUT2D eigenvalue weighted by Crippen LogP contribution is -2.24. The van der Waals surface area contributed by atoms with Crippen molar-refractivity contribution in [3.63, 3.8) is 0 Å². The SMILES string of the molecule is O=C(NCc1c(F)cccc1Cl)c1cccnc1Oc1ccc(F)cc1. The van der Waals surface area contributed by atoms with Crippen molar-refractivity contribution >= 4 is 17.5 Å². The van der Waals surface area contributed by atoms with Crippen LogP contribution in [0.5, 0.6) is 11.6 Å². The van der Waals surface area contributed by atoms with Gasteiger partial charge in [-0.3, -0.25) is 4.79 Å². The van der Waals surface area contributed by atoms with Crippen LogP contribution in [0.15, 0.2) is 60.8 Å². The third-order valence-electron chi connectivity index (χ3n) is 3.53. The molecule has 0 unspecified atom stereocenters. The number of nitrogens with one attached hydrogen (secondary N) is 1. The standard InChI is InChI=1S/C19H13ClF2N2O2/c20-16-4-1-5-17(22)15(16)11-24-18(25)14-3-2-10-23-19(14)26-13-8-6-12(21)7-9-13/h1-10H,11H2,(H,24,25). The number of halogens is 3. The number of ether oxygens (including phenoxy) is 1. The Morgan fingerprint density at radius 3 is 2.58 bits per heavy atom. The van der Waals surface area contributed by atoms with Crippen LogP contribution in [-0.4, -0.2) is 10.9 Å². The second-order valence-corrected chi connectivity index (χ2v) is 5.70. The molecule has 1 N–H and O–H groups in total. The normalized spacial score (nSPS) is 10.4. The first-order chi connectivity index (χ1) is 12.5. The second kappa shape index (κ2) is 7.93. The van der Waals surface area contributed by atoms with Crippen molar-refractivity contribution in [1.82, 2.24) is 10.3 Å². The van der Waals surface area contributed by atoms with E-state index in [0.29, 0.717) is 5.75 Å². The van der Waals surface area contributed by atoms with E-state index >= 15 is 0 Å². The first-order valence-corrected chi connectivity index (χ1v) is 8.02. The summed E-state index contributed by atoms with van der Waals surface area (Å²) in [5.41, 5.74) is 0.344. The number of hydrogen-bond donors (Lipinski definition) is 1. The molecular weight excluding hydrogens is 362 g/mol. The topological polar surface area (TPSA) is 51.2 Å². The summed E-state index contributed by atoms with van der Waals surface area (Å²) in [6, 6.07) is 12.7. The van der Waals surface area contributed by atoms with Gasteiger partial charge in [-0.25, -0.2) is 13.8 Å². The van der Waals surface area contributed by atoms with Crippen molar-refractivity contribution in [2.75, 3.05) is 0 Å². The molecule has 0 fully saturated rings. The van der Waals surface area contributed by atoms with E-state index in [0.717, 1.165) is 0 Å². The number of aromatic nitrogens is 1. The molecule has 3 rings (SSSR count). The van der Waals surface area contributed by atoms with Crippen molar-refractivity contribution in [2.24, 2.45) is 0 Å². The van der Waals surface area contributed by atoms with Crippen LogP contribution in [0.4, 0.5) is 8.78 Å². The van der Waals surface area contributed by atoms with E-state index in [4.69, 9.17) is 16.3 Å². The van der Waals surface area contributed by atoms with Crippen molar-refractivity contribution in [3.05, 3.63) is 88.6 Å². The fourth-order valence-electron chi connectivity index (χ4n) is 2.22. The highest BCUT2D eigenvalue weighted by molar-refractivity contribution is 6.31. The second-order valence-electron chi connectivity index (χ2n) is 5.29. The van der Waals surface area contributed by atoms with Crippen molar-refractivity contribution in [3.8, 4) is 11.6 Å². The predicted octanol–water partition coefficient (Wildman–Crippen LogP) is 4.74. The number of amides is 1. The number of benzene rings is 2. The summed E-state index contributed by atoms with van der Waals surface area (Å²) >= 11 is 5.95. The Balaban J connectivity index is 1.76. The van der Waals surface area contributed by atoms with E-state index < -0.39 is 17.5 Å². The molecule has 1 heterocycles. The molecule has 0 bridgehead atoms. The van der Waals surface area contributed by atoms with E-state index in [-0.39, 0.29) is 28.6 Å². The van der Waals surface area contributed by atoms with Crippen LogP contribution in [0.1, 0.15) is 15.9 Å². The highest BCUT2D eigenvalue weighted by atomic mass is 35.5. The van der Waals surface area contributed by atoms with Crippen LogP contribution in [0, 0.1) is 11.6 Å². The highest BCUT2D eigenvalue weighted by Crippen LogP contribution is 2.24. The van der Waals surface area contributed by atoms with Gasteiger partial charge in [0.05, 0.1) is 0 Å². The molecule has 4 nitrogen and oxygen atoms in total. The van der Waals surface area contributed by atoms with Gasteiger partial charge in [0.1, 0.15) is 22.9 Å². The van der Waals surface area contributed by atoms with Gasteiger partial charge in [0, 0.05) is 23.3 Å². The number of carbonyl (C=O) groups excluding carboxylic acids is 1. The molecule has 1 amide bonds. The van der Waals surface area contributed by atoms with Gasteiger partial charge in [0.15, 0.2) is 0 Å². The number of rotatable bonds is 5. The molecule has 0 aliphatic heterocycles. The van der Waals surface area contributed by atoms with Crippen LogP contribution >= 0.6 is 11.6 Å². The van der Waals surface area contributed by atoms with Gasteiger partial charge in [0.25, 0.3) is 5.91 Å². The Bertz CT molecular complexity index is 913. The van der Waals surface area contributed by atoms with Gasteiger partial charge in [0.2, 0.25) is 5.88 Å². The maximum atomic E-state index is 13.8. The van der Waals surface area contributed by atoms with Gasteiger partial charge in [-0.15, -0.1) is 0 Å². The Morgan fingerprint density at radius 1 is 1.08 bits per heavy atom. The summed E-state index contributed by atoms with van der Waals surface area (Å²) in [6.07, 6.45) is 1.46. The fourth-order valence-corrected chi connectivity index (χ4v) is 2.45. The van der Waals surface area contributed by atoms with Crippen LogP contribution in [0.3, 0.4) is 0 Å². The lowest BCUT2D eigenvalue weighted by molar-refractivity contribution is 0.0947. The van der Waals surface area contributed by atoms with Gasteiger partial charge in [-0.05, 0) is 48.5 Å². The summed E-state index contributed by atoms with van der Waals surface area (Å²) in [7, 11) is 0. The molecule has 0 atom stereocenters. The first kappa shape index (κ1) is 17.8. The molecule has 26 heavy (non-hydrogen) atoms. The smallest absolute Gasteiger partial charge is 0.257 e. The van der Waals surface area contributed by atoms with Gasteiger partial charge >= 0.3 is 0 Å². The molecular formula is C19H13ClF2N2O2. The van der Waals surface area contributed by atoms with Gasteiger partial charge in [-0.2, -0.15) is 0 Å². The van der Waals surface area contributed by atoms with Crippen molar-refractivity contribution in [2.45, 2.75) is 6.54 Å². The van der Waals surface area contributed by atoms with Gasteiger partial charge in [-0.1, -0.05) is 17.7 Å². The molecule has 7 heteroatoms. The summed E-state index contributed by atoms with van der Waals surface area (Å²) in [4.78, 5) is 16.5.